The summed E-state index contributed by atoms with van der Waals surface area (Å²) in [6.45, 7) is 8.59. The van der Waals surface area contributed by atoms with Crippen molar-refractivity contribution in [1.82, 2.24) is 9.36 Å². The Morgan fingerprint density at radius 1 is 1.35 bits per heavy atom. The van der Waals surface area contributed by atoms with Crippen LogP contribution in [0.15, 0.2) is 18.2 Å². The predicted molar refractivity (Wildman–Crippen MR) is 96.5 cm³/mol. The molecule has 0 radical (unpaired) electrons. The number of hydrogen-bond donors (Lipinski definition) is 2. The van der Waals surface area contributed by atoms with Gasteiger partial charge in [0.05, 0.1) is 0 Å². The lowest BCUT2D eigenvalue weighted by Gasteiger charge is -2.12. The highest BCUT2D eigenvalue weighted by molar-refractivity contribution is 7.09. The average Bonchev–Trinajstić information content (AvgIpc) is 2.93. The minimum absolute atomic E-state index is 0.0663. The van der Waals surface area contributed by atoms with Crippen molar-refractivity contribution >= 4 is 39.9 Å². The molecule has 1 aromatic heterocycles. The molecule has 2 aromatic rings. The Morgan fingerprint density at radius 3 is 2.74 bits per heavy atom. The van der Waals surface area contributed by atoms with Crippen molar-refractivity contribution in [3.8, 4) is 0 Å². The molecule has 124 valence electrons. The van der Waals surface area contributed by atoms with Gasteiger partial charge in [-0.1, -0.05) is 38.4 Å². The molecule has 5 nitrogen and oxygen atoms in total. The van der Waals surface area contributed by atoms with Crippen LogP contribution in [0, 0.1) is 6.92 Å². The predicted octanol–water partition coefficient (Wildman–Crippen LogP) is 4.24. The van der Waals surface area contributed by atoms with E-state index in [9.17, 15) is 4.79 Å². The van der Waals surface area contributed by atoms with Crippen LogP contribution in [0.2, 0.25) is 5.02 Å². The van der Waals surface area contributed by atoms with E-state index in [-0.39, 0.29) is 11.3 Å². The molecule has 2 rings (SSSR count). The Morgan fingerprint density at radius 2 is 2.09 bits per heavy atom. The highest BCUT2D eigenvalue weighted by Crippen LogP contribution is 2.24. The third-order valence-corrected chi connectivity index (χ3v) is 4.35. The minimum Gasteiger partial charge on any atom is -0.360 e. The van der Waals surface area contributed by atoms with Crippen molar-refractivity contribution in [3.05, 3.63) is 34.6 Å². The number of halogens is 1. The molecule has 0 saturated carbocycles. The molecular weight excluding hydrogens is 332 g/mol. The van der Waals surface area contributed by atoms with Gasteiger partial charge in [0.15, 0.2) is 0 Å². The van der Waals surface area contributed by atoms with Crippen LogP contribution in [0.3, 0.4) is 0 Å². The number of aromatic nitrogens is 2. The molecule has 1 heterocycles. The van der Waals surface area contributed by atoms with E-state index in [1.807, 2.05) is 19.1 Å². The lowest BCUT2D eigenvalue weighted by Crippen LogP contribution is -2.17. The highest BCUT2D eigenvalue weighted by Gasteiger charge is 2.19. The van der Waals surface area contributed by atoms with Crippen LogP contribution in [-0.2, 0) is 10.2 Å². The maximum Gasteiger partial charge on any atom is 0.226 e. The van der Waals surface area contributed by atoms with Gasteiger partial charge in [0.1, 0.15) is 5.82 Å². The maximum atomic E-state index is 12.0. The van der Waals surface area contributed by atoms with Crippen LogP contribution < -0.4 is 10.6 Å². The van der Waals surface area contributed by atoms with Crippen LogP contribution in [0.1, 0.15) is 38.6 Å². The molecule has 0 atom stereocenters. The van der Waals surface area contributed by atoms with E-state index in [0.717, 1.165) is 22.2 Å². The van der Waals surface area contributed by atoms with Gasteiger partial charge in [0.2, 0.25) is 11.0 Å². The average molecular weight is 353 g/mol. The fourth-order valence-electron chi connectivity index (χ4n) is 1.84. The van der Waals surface area contributed by atoms with Crippen molar-refractivity contribution in [2.24, 2.45) is 0 Å². The Labute approximate surface area is 145 Å². The lowest BCUT2D eigenvalue weighted by atomic mass is 9.96. The molecule has 0 aliphatic heterocycles. The lowest BCUT2D eigenvalue weighted by molar-refractivity contribution is -0.115. The van der Waals surface area contributed by atoms with Gasteiger partial charge < -0.3 is 10.6 Å². The number of carbonyl (C=O) groups excluding carboxylic acids is 1. The van der Waals surface area contributed by atoms with Gasteiger partial charge >= 0.3 is 0 Å². The van der Waals surface area contributed by atoms with E-state index in [4.69, 9.17) is 11.6 Å². The first-order valence-electron chi connectivity index (χ1n) is 7.40. The number of nitrogens with zero attached hydrogens (tertiary/aromatic N) is 2. The number of nitrogens with one attached hydrogen (secondary N) is 2. The molecule has 0 bridgehead atoms. The Balaban J connectivity index is 1.83. The molecule has 0 fully saturated rings. The van der Waals surface area contributed by atoms with Crippen LogP contribution in [-0.4, -0.2) is 21.8 Å². The second kappa shape index (κ2) is 7.27. The molecule has 0 aliphatic carbocycles. The first kappa shape index (κ1) is 17.7. The first-order valence-corrected chi connectivity index (χ1v) is 8.55. The summed E-state index contributed by atoms with van der Waals surface area (Å²) >= 11 is 7.36. The van der Waals surface area contributed by atoms with Crippen molar-refractivity contribution in [3.63, 3.8) is 0 Å². The summed E-state index contributed by atoms with van der Waals surface area (Å²) in [5.41, 5.74) is 1.54. The molecule has 23 heavy (non-hydrogen) atoms. The van der Waals surface area contributed by atoms with Crippen molar-refractivity contribution < 1.29 is 4.79 Å². The first-order chi connectivity index (χ1) is 10.8. The summed E-state index contributed by atoms with van der Waals surface area (Å²) in [7, 11) is 0. The van der Waals surface area contributed by atoms with E-state index in [2.05, 4.69) is 40.8 Å². The van der Waals surface area contributed by atoms with E-state index < -0.39 is 0 Å². The van der Waals surface area contributed by atoms with Gasteiger partial charge in [-0.3, -0.25) is 4.79 Å². The summed E-state index contributed by atoms with van der Waals surface area (Å²) in [6, 6.07) is 5.46. The maximum absolute atomic E-state index is 12.0. The van der Waals surface area contributed by atoms with Crippen molar-refractivity contribution in [1.29, 1.82) is 0 Å². The van der Waals surface area contributed by atoms with Crippen LogP contribution >= 0.6 is 23.1 Å². The number of amides is 1. The molecular formula is C16H21ClN4OS. The normalized spacial score (nSPS) is 11.3. The van der Waals surface area contributed by atoms with Crippen LogP contribution in [0.5, 0.6) is 0 Å². The topological polar surface area (TPSA) is 66.9 Å². The zero-order valence-electron chi connectivity index (χ0n) is 13.7. The molecule has 1 aromatic carbocycles. The largest absolute Gasteiger partial charge is 0.360 e. The Kier molecular flexibility index (Phi) is 5.59. The molecule has 7 heteroatoms. The number of anilines is 2. The van der Waals surface area contributed by atoms with Crippen LogP contribution in [0.4, 0.5) is 10.8 Å². The summed E-state index contributed by atoms with van der Waals surface area (Å²) in [5, 5.41) is 7.39. The second-order valence-corrected chi connectivity index (χ2v) is 7.47. The van der Waals surface area contributed by atoms with Gasteiger partial charge in [-0.25, -0.2) is 4.98 Å². The molecule has 1 amide bonds. The number of benzene rings is 1. The van der Waals surface area contributed by atoms with E-state index >= 15 is 0 Å². The number of hydrogen-bond acceptors (Lipinski definition) is 5. The van der Waals surface area contributed by atoms with E-state index in [1.165, 1.54) is 11.5 Å². The summed E-state index contributed by atoms with van der Waals surface area (Å²) in [5.74, 6) is 0.743. The summed E-state index contributed by atoms with van der Waals surface area (Å²) < 4.78 is 4.33. The van der Waals surface area contributed by atoms with E-state index in [0.29, 0.717) is 18.0 Å². The monoisotopic (exact) mass is 352 g/mol. The van der Waals surface area contributed by atoms with Gasteiger partial charge in [-0.15, -0.1) is 0 Å². The summed E-state index contributed by atoms with van der Waals surface area (Å²) in [6.07, 6.45) is 0.344. The zero-order valence-corrected chi connectivity index (χ0v) is 15.3. The second-order valence-electron chi connectivity index (χ2n) is 6.31. The van der Waals surface area contributed by atoms with Crippen LogP contribution in [0.25, 0.3) is 0 Å². The molecule has 2 N–H and O–H groups in total. The fraction of sp³-hybridized carbons (Fsp3) is 0.438. The van der Waals surface area contributed by atoms with Crippen molar-refractivity contribution in [2.75, 3.05) is 17.2 Å². The summed E-state index contributed by atoms with van der Waals surface area (Å²) in [4.78, 5) is 16.4. The number of carbonyl (C=O) groups is 1. The highest BCUT2D eigenvalue weighted by atomic mass is 35.5. The van der Waals surface area contributed by atoms with Gasteiger partial charge in [-0.2, -0.15) is 4.37 Å². The molecule has 0 spiro atoms. The van der Waals surface area contributed by atoms with Gasteiger partial charge in [0, 0.05) is 40.6 Å². The number of rotatable bonds is 5. The molecule has 0 aliphatic rings. The molecule has 0 unspecified atom stereocenters. The smallest absolute Gasteiger partial charge is 0.226 e. The Hall–Kier alpha value is -1.66. The Bertz CT molecular complexity index is 694. The molecule has 0 saturated heterocycles. The van der Waals surface area contributed by atoms with Gasteiger partial charge in [-0.05, 0) is 24.6 Å². The standard InChI is InChI=1S/C16H21ClN4OS/c1-10-11(17)6-5-7-12(10)19-13(22)8-9-18-15-20-14(21-23-15)16(2,3)4/h5-7H,8-9H2,1-4H3,(H,19,22)(H,18,20,21). The third-order valence-electron chi connectivity index (χ3n) is 3.27. The van der Waals surface area contributed by atoms with Crippen molar-refractivity contribution in [2.45, 2.75) is 39.5 Å². The SMILES string of the molecule is Cc1c(Cl)cccc1NC(=O)CCNc1nc(C(C)(C)C)ns1. The van der Waals surface area contributed by atoms with E-state index in [1.54, 1.807) is 6.07 Å². The fourth-order valence-corrected chi connectivity index (χ4v) is 2.79. The minimum atomic E-state index is -0.0715. The zero-order chi connectivity index (χ0) is 17.0. The quantitative estimate of drug-likeness (QED) is 0.844. The van der Waals surface area contributed by atoms with Gasteiger partial charge in [0.25, 0.3) is 0 Å². The third kappa shape index (κ3) is 4.91.